The summed E-state index contributed by atoms with van der Waals surface area (Å²) in [4.78, 5) is 12.0. The van der Waals surface area contributed by atoms with E-state index in [9.17, 15) is 9.18 Å². The molecule has 0 fully saturated rings. The Hall–Kier alpha value is -2.80. The van der Waals surface area contributed by atoms with Crippen LogP contribution in [0.25, 0.3) is 0 Å². The zero-order valence-corrected chi connectivity index (χ0v) is 16.8. The summed E-state index contributed by atoms with van der Waals surface area (Å²) in [7, 11) is 0. The van der Waals surface area contributed by atoms with Crippen LogP contribution < -0.4 is 4.74 Å². The minimum absolute atomic E-state index is 0.259. The highest BCUT2D eigenvalue weighted by molar-refractivity contribution is 5.89. The van der Waals surface area contributed by atoms with Crippen LogP contribution in [0.4, 0.5) is 4.39 Å². The summed E-state index contributed by atoms with van der Waals surface area (Å²) in [6.45, 7) is 6.16. The predicted octanol–water partition coefficient (Wildman–Crippen LogP) is 5.77. The Bertz CT molecular complexity index is 806. The second-order valence-electron chi connectivity index (χ2n) is 7.49. The Morgan fingerprint density at radius 2 is 1.64 bits per heavy atom. The van der Waals surface area contributed by atoms with Crippen LogP contribution in [0, 0.1) is 17.7 Å². The first kappa shape index (κ1) is 21.5. The van der Waals surface area contributed by atoms with Gasteiger partial charge in [-0.05, 0) is 88.6 Å². The molecule has 2 rings (SSSR count). The van der Waals surface area contributed by atoms with Crippen molar-refractivity contribution in [3.63, 3.8) is 0 Å². The standard InChI is InChI=1S/C24H27FO3/c1-24(2,3)28-23(26)20-12-10-19(11-13-20)9-7-5-4-6-8-18-27-22-16-14-21(25)15-17-22/h10-17H,4-6,8,18H2,1-3H3. The molecule has 0 saturated carbocycles. The highest BCUT2D eigenvalue weighted by Crippen LogP contribution is 2.13. The van der Waals surface area contributed by atoms with Crippen molar-refractivity contribution in [3.8, 4) is 17.6 Å². The lowest BCUT2D eigenvalue weighted by Gasteiger charge is -2.19. The largest absolute Gasteiger partial charge is 0.494 e. The zero-order valence-electron chi connectivity index (χ0n) is 16.8. The molecule has 0 heterocycles. The van der Waals surface area contributed by atoms with Gasteiger partial charge in [0.25, 0.3) is 0 Å². The Labute approximate surface area is 166 Å². The van der Waals surface area contributed by atoms with Gasteiger partial charge in [-0.1, -0.05) is 11.8 Å². The summed E-state index contributed by atoms with van der Waals surface area (Å²) in [5.74, 6) is 6.37. The average molecular weight is 382 g/mol. The minimum Gasteiger partial charge on any atom is -0.494 e. The fourth-order valence-corrected chi connectivity index (χ4v) is 2.40. The topological polar surface area (TPSA) is 35.5 Å². The van der Waals surface area contributed by atoms with E-state index in [4.69, 9.17) is 9.47 Å². The van der Waals surface area contributed by atoms with Crippen LogP contribution in [0.15, 0.2) is 48.5 Å². The third-order valence-electron chi connectivity index (χ3n) is 3.78. The third-order valence-corrected chi connectivity index (χ3v) is 3.78. The number of unbranched alkanes of at least 4 members (excludes halogenated alkanes) is 3. The van der Waals surface area contributed by atoms with Gasteiger partial charge < -0.3 is 9.47 Å². The number of carbonyl (C=O) groups is 1. The zero-order chi connectivity index (χ0) is 20.4. The molecule has 0 N–H and O–H groups in total. The molecular formula is C24H27FO3. The molecule has 28 heavy (non-hydrogen) atoms. The van der Waals surface area contributed by atoms with Crippen molar-refractivity contribution in [2.45, 2.75) is 52.1 Å². The van der Waals surface area contributed by atoms with Gasteiger partial charge in [-0.25, -0.2) is 9.18 Å². The molecule has 4 heteroatoms. The third kappa shape index (κ3) is 8.26. The van der Waals surface area contributed by atoms with Gasteiger partial charge in [0.1, 0.15) is 17.2 Å². The van der Waals surface area contributed by atoms with Crippen molar-refractivity contribution in [2.24, 2.45) is 0 Å². The maximum atomic E-state index is 12.8. The summed E-state index contributed by atoms with van der Waals surface area (Å²) in [6, 6.07) is 13.2. The SMILES string of the molecule is CC(C)(C)OC(=O)c1ccc(C#CCCCCCOc2ccc(F)cc2)cc1. The quantitative estimate of drug-likeness (QED) is 0.346. The molecule has 0 aliphatic carbocycles. The molecule has 0 saturated heterocycles. The van der Waals surface area contributed by atoms with Crippen molar-refractivity contribution in [2.75, 3.05) is 6.61 Å². The van der Waals surface area contributed by atoms with Crippen LogP contribution >= 0.6 is 0 Å². The molecule has 0 aliphatic rings. The molecular weight excluding hydrogens is 355 g/mol. The summed E-state index contributed by atoms with van der Waals surface area (Å²) < 4.78 is 23.7. The van der Waals surface area contributed by atoms with E-state index in [1.165, 1.54) is 12.1 Å². The highest BCUT2D eigenvalue weighted by atomic mass is 19.1. The molecule has 0 aliphatic heterocycles. The molecule has 0 unspecified atom stereocenters. The van der Waals surface area contributed by atoms with Gasteiger partial charge in [0, 0.05) is 12.0 Å². The van der Waals surface area contributed by atoms with Gasteiger partial charge in [-0.3, -0.25) is 0 Å². The van der Waals surface area contributed by atoms with Crippen molar-refractivity contribution in [1.29, 1.82) is 0 Å². The number of carbonyl (C=O) groups excluding carboxylic acids is 1. The van der Waals surface area contributed by atoms with Gasteiger partial charge in [0.05, 0.1) is 12.2 Å². The van der Waals surface area contributed by atoms with Crippen molar-refractivity contribution < 1.29 is 18.7 Å². The molecule has 0 atom stereocenters. The Balaban J connectivity index is 1.64. The number of esters is 1. The normalized spacial score (nSPS) is 10.7. The van der Waals surface area contributed by atoms with Crippen LogP contribution in [0.5, 0.6) is 5.75 Å². The monoisotopic (exact) mass is 382 g/mol. The van der Waals surface area contributed by atoms with Gasteiger partial charge in [-0.2, -0.15) is 0 Å². The smallest absolute Gasteiger partial charge is 0.338 e. The number of hydrogen-bond acceptors (Lipinski definition) is 3. The lowest BCUT2D eigenvalue weighted by Crippen LogP contribution is -2.23. The number of ether oxygens (including phenoxy) is 2. The van der Waals surface area contributed by atoms with Crippen molar-refractivity contribution >= 4 is 5.97 Å². The Morgan fingerprint density at radius 3 is 2.29 bits per heavy atom. The Morgan fingerprint density at radius 1 is 0.964 bits per heavy atom. The fourth-order valence-electron chi connectivity index (χ4n) is 2.40. The van der Waals surface area contributed by atoms with Gasteiger partial charge in [0.15, 0.2) is 0 Å². The maximum absolute atomic E-state index is 12.8. The summed E-state index contributed by atoms with van der Waals surface area (Å²) in [5, 5.41) is 0. The summed E-state index contributed by atoms with van der Waals surface area (Å²) >= 11 is 0. The van der Waals surface area contributed by atoms with Crippen LogP contribution in [0.1, 0.15) is 62.4 Å². The molecule has 0 spiro atoms. The van der Waals surface area contributed by atoms with E-state index >= 15 is 0 Å². The maximum Gasteiger partial charge on any atom is 0.338 e. The van der Waals surface area contributed by atoms with Gasteiger partial charge >= 0.3 is 5.97 Å². The van der Waals surface area contributed by atoms with Crippen molar-refractivity contribution in [1.82, 2.24) is 0 Å². The van der Waals surface area contributed by atoms with Crippen LogP contribution in [0.2, 0.25) is 0 Å². The number of rotatable bonds is 7. The molecule has 2 aromatic rings. The molecule has 148 valence electrons. The van der Waals surface area contributed by atoms with E-state index < -0.39 is 5.60 Å². The van der Waals surface area contributed by atoms with E-state index in [0.29, 0.717) is 17.9 Å². The average Bonchev–Trinajstić information content (AvgIpc) is 2.64. The second kappa shape index (κ2) is 10.5. The Kier molecular flexibility index (Phi) is 8.07. The number of benzene rings is 2. The first-order valence-corrected chi connectivity index (χ1v) is 9.54. The lowest BCUT2D eigenvalue weighted by molar-refractivity contribution is 0.00695. The van der Waals surface area contributed by atoms with Crippen molar-refractivity contribution in [3.05, 3.63) is 65.5 Å². The van der Waals surface area contributed by atoms with E-state index in [1.807, 2.05) is 32.9 Å². The second-order valence-corrected chi connectivity index (χ2v) is 7.49. The first-order chi connectivity index (χ1) is 13.3. The van der Waals surface area contributed by atoms with Crippen LogP contribution in [-0.4, -0.2) is 18.2 Å². The van der Waals surface area contributed by atoms with E-state index in [-0.39, 0.29) is 11.8 Å². The molecule has 0 bridgehead atoms. The van der Waals surface area contributed by atoms with Gasteiger partial charge in [0.2, 0.25) is 0 Å². The van der Waals surface area contributed by atoms with Crippen LogP contribution in [-0.2, 0) is 4.74 Å². The first-order valence-electron chi connectivity index (χ1n) is 9.54. The van der Waals surface area contributed by atoms with E-state index in [2.05, 4.69) is 11.8 Å². The number of hydrogen-bond donors (Lipinski definition) is 0. The molecule has 0 aromatic heterocycles. The molecule has 3 nitrogen and oxygen atoms in total. The van der Waals surface area contributed by atoms with E-state index in [0.717, 1.165) is 31.2 Å². The van der Waals surface area contributed by atoms with Crippen LogP contribution in [0.3, 0.4) is 0 Å². The minimum atomic E-state index is -0.500. The summed E-state index contributed by atoms with van der Waals surface area (Å²) in [5.41, 5.74) is 0.910. The molecule has 0 radical (unpaired) electrons. The van der Waals surface area contributed by atoms with Gasteiger partial charge in [-0.15, -0.1) is 0 Å². The number of halogens is 1. The summed E-state index contributed by atoms with van der Waals surface area (Å²) in [6.07, 6.45) is 3.76. The highest BCUT2D eigenvalue weighted by Gasteiger charge is 2.17. The fraction of sp³-hybridized carbons (Fsp3) is 0.375. The van der Waals surface area contributed by atoms with E-state index in [1.54, 1.807) is 24.3 Å². The molecule has 0 amide bonds. The predicted molar refractivity (Wildman–Crippen MR) is 109 cm³/mol. The molecule has 2 aromatic carbocycles. The lowest BCUT2D eigenvalue weighted by atomic mass is 10.1.